The summed E-state index contributed by atoms with van der Waals surface area (Å²) in [4.78, 5) is 10.2. The van der Waals surface area contributed by atoms with Gasteiger partial charge in [-0.3, -0.25) is 0 Å². The van der Waals surface area contributed by atoms with Crippen molar-refractivity contribution in [3.05, 3.63) is 0 Å². The molecule has 1 rings (SSSR count). The Morgan fingerprint density at radius 1 is 1.67 bits per heavy atom. The van der Waals surface area contributed by atoms with Crippen molar-refractivity contribution < 1.29 is 9.53 Å². The van der Waals surface area contributed by atoms with Gasteiger partial charge in [0.05, 0.1) is 6.10 Å². The lowest BCUT2D eigenvalue weighted by molar-refractivity contribution is -0.115. The monoisotopic (exact) mass is 128 g/mol. The molecule has 0 unspecified atom stereocenters. The number of rotatable bonds is 1. The fourth-order valence-electron chi connectivity index (χ4n) is 1.16. The Bertz CT molecular complexity index is 101. The normalized spacial score (nSPS) is 36.1. The number of aldehydes is 1. The van der Waals surface area contributed by atoms with Crippen molar-refractivity contribution in [2.75, 3.05) is 6.61 Å². The van der Waals surface area contributed by atoms with Gasteiger partial charge in [-0.1, -0.05) is 0 Å². The van der Waals surface area contributed by atoms with E-state index in [4.69, 9.17) is 4.74 Å². The molecule has 0 aromatic rings. The Morgan fingerprint density at radius 3 is 2.89 bits per heavy atom. The maximum absolute atomic E-state index is 10.2. The van der Waals surface area contributed by atoms with E-state index in [1.165, 1.54) is 0 Å². The predicted octanol–water partition coefficient (Wildman–Crippen LogP) is 1.00. The maximum Gasteiger partial charge on any atom is 0.123 e. The Labute approximate surface area is 55.2 Å². The zero-order chi connectivity index (χ0) is 6.69. The molecule has 0 aliphatic carbocycles. The number of carbonyl (C=O) groups is 1. The van der Waals surface area contributed by atoms with Crippen LogP contribution in [-0.4, -0.2) is 19.0 Å². The molecule has 1 saturated heterocycles. The summed E-state index contributed by atoms with van der Waals surface area (Å²) in [5.74, 6) is 0.258. The van der Waals surface area contributed by atoms with Crippen molar-refractivity contribution in [1.82, 2.24) is 0 Å². The van der Waals surface area contributed by atoms with Crippen molar-refractivity contribution in [1.29, 1.82) is 0 Å². The van der Waals surface area contributed by atoms with Gasteiger partial charge >= 0.3 is 0 Å². The summed E-state index contributed by atoms with van der Waals surface area (Å²) in [5, 5.41) is 0. The molecule has 0 aromatic heterocycles. The summed E-state index contributed by atoms with van der Waals surface area (Å²) in [6.45, 7) is 2.76. The minimum Gasteiger partial charge on any atom is -0.378 e. The van der Waals surface area contributed by atoms with Crippen LogP contribution in [0.15, 0.2) is 0 Å². The van der Waals surface area contributed by atoms with Gasteiger partial charge in [0.15, 0.2) is 0 Å². The van der Waals surface area contributed by atoms with Gasteiger partial charge in [-0.05, 0) is 19.8 Å². The van der Waals surface area contributed by atoms with Gasteiger partial charge in [-0.25, -0.2) is 0 Å². The number of ether oxygens (including phenoxy) is 1. The van der Waals surface area contributed by atoms with Crippen molar-refractivity contribution in [2.24, 2.45) is 5.92 Å². The minimum atomic E-state index is 0.258. The molecule has 1 aliphatic heterocycles. The summed E-state index contributed by atoms with van der Waals surface area (Å²) in [5.41, 5.74) is 0. The molecule has 2 nitrogen and oxygen atoms in total. The van der Waals surface area contributed by atoms with E-state index in [1.807, 2.05) is 6.92 Å². The molecule has 1 heterocycles. The summed E-state index contributed by atoms with van der Waals surface area (Å²) >= 11 is 0. The first kappa shape index (κ1) is 6.75. The van der Waals surface area contributed by atoms with Crippen LogP contribution in [0, 0.1) is 5.92 Å². The van der Waals surface area contributed by atoms with Gasteiger partial charge in [0.2, 0.25) is 0 Å². The molecule has 0 spiro atoms. The van der Waals surface area contributed by atoms with Crippen LogP contribution in [0.4, 0.5) is 0 Å². The standard InChI is InChI=1S/C7H12O2/c1-6-4-7(5-8)2-3-9-6/h5-7H,2-4H2,1H3/t6-,7-/m1/s1. The van der Waals surface area contributed by atoms with Gasteiger partial charge in [-0.15, -0.1) is 0 Å². The van der Waals surface area contributed by atoms with Crippen LogP contribution in [0.2, 0.25) is 0 Å². The van der Waals surface area contributed by atoms with Gasteiger partial charge in [0.25, 0.3) is 0 Å². The van der Waals surface area contributed by atoms with Crippen LogP contribution in [0.1, 0.15) is 19.8 Å². The number of hydrogen-bond donors (Lipinski definition) is 0. The van der Waals surface area contributed by atoms with E-state index >= 15 is 0 Å². The lowest BCUT2D eigenvalue weighted by atomic mass is 9.98. The third kappa shape index (κ3) is 1.79. The fourth-order valence-corrected chi connectivity index (χ4v) is 1.16. The molecule has 2 heteroatoms. The van der Waals surface area contributed by atoms with Crippen LogP contribution in [0.5, 0.6) is 0 Å². The first-order valence-corrected chi connectivity index (χ1v) is 3.40. The lowest BCUT2D eigenvalue weighted by Crippen LogP contribution is -2.23. The van der Waals surface area contributed by atoms with E-state index in [0.29, 0.717) is 0 Å². The third-order valence-electron chi connectivity index (χ3n) is 1.72. The summed E-state index contributed by atoms with van der Waals surface area (Å²) < 4.78 is 5.25. The predicted molar refractivity (Wildman–Crippen MR) is 34.2 cm³/mol. The summed E-state index contributed by atoms with van der Waals surface area (Å²) in [6.07, 6.45) is 3.14. The molecule has 0 radical (unpaired) electrons. The second-order valence-electron chi connectivity index (χ2n) is 2.60. The Morgan fingerprint density at radius 2 is 2.44 bits per heavy atom. The van der Waals surface area contributed by atoms with Gasteiger partial charge in [0, 0.05) is 12.5 Å². The Hall–Kier alpha value is -0.370. The van der Waals surface area contributed by atoms with E-state index in [9.17, 15) is 4.79 Å². The number of hydrogen-bond acceptors (Lipinski definition) is 2. The third-order valence-corrected chi connectivity index (χ3v) is 1.72. The molecular weight excluding hydrogens is 116 g/mol. The molecule has 0 N–H and O–H groups in total. The zero-order valence-electron chi connectivity index (χ0n) is 5.67. The molecule has 9 heavy (non-hydrogen) atoms. The largest absolute Gasteiger partial charge is 0.378 e. The van der Waals surface area contributed by atoms with E-state index in [1.54, 1.807) is 0 Å². The molecule has 0 aromatic carbocycles. The second kappa shape index (κ2) is 2.97. The first-order valence-electron chi connectivity index (χ1n) is 3.40. The van der Waals surface area contributed by atoms with Crippen LogP contribution in [0.25, 0.3) is 0 Å². The Balaban J connectivity index is 2.31. The minimum absolute atomic E-state index is 0.258. The molecule has 52 valence electrons. The maximum atomic E-state index is 10.2. The summed E-state index contributed by atoms with van der Waals surface area (Å²) in [7, 11) is 0. The van der Waals surface area contributed by atoms with Crippen molar-refractivity contribution in [2.45, 2.75) is 25.9 Å². The molecule has 0 saturated carbocycles. The van der Waals surface area contributed by atoms with Crippen LogP contribution >= 0.6 is 0 Å². The van der Waals surface area contributed by atoms with Crippen LogP contribution in [0.3, 0.4) is 0 Å². The average Bonchev–Trinajstić information content (AvgIpc) is 1.88. The highest BCUT2D eigenvalue weighted by molar-refractivity contribution is 5.53. The van der Waals surface area contributed by atoms with Crippen molar-refractivity contribution in [3.63, 3.8) is 0 Å². The van der Waals surface area contributed by atoms with Gasteiger partial charge < -0.3 is 9.53 Å². The molecular formula is C7H12O2. The lowest BCUT2D eigenvalue weighted by Gasteiger charge is -2.22. The molecule has 0 bridgehead atoms. The van der Waals surface area contributed by atoms with Crippen molar-refractivity contribution in [3.8, 4) is 0 Å². The van der Waals surface area contributed by atoms with Crippen LogP contribution in [-0.2, 0) is 9.53 Å². The molecule has 1 aliphatic rings. The van der Waals surface area contributed by atoms with Gasteiger partial charge in [-0.2, -0.15) is 0 Å². The molecule has 1 fully saturated rings. The quantitative estimate of drug-likeness (QED) is 0.492. The highest BCUT2D eigenvalue weighted by Crippen LogP contribution is 2.16. The number of carbonyl (C=O) groups excluding carboxylic acids is 1. The highest BCUT2D eigenvalue weighted by atomic mass is 16.5. The zero-order valence-corrected chi connectivity index (χ0v) is 5.67. The molecule has 0 amide bonds. The average molecular weight is 128 g/mol. The topological polar surface area (TPSA) is 26.3 Å². The smallest absolute Gasteiger partial charge is 0.123 e. The Kier molecular flexibility index (Phi) is 2.22. The van der Waals surface area contributed by atoms with Crippen LogP contribution < -0.4 is 0 Å². The highest BCUT2D eigenvalue weighted by Gasteiger charge is 2.17. The second-order valence-corrected chi connectivity index (χ2v) is 2.60. The SMILES string of the molecule is C[C@@H]1C[C@H](C=O)CCO1. The van der Waals surface area contributed by atoms with E-state index < -0.39 is 0 Å². The fraction of sp³-hybridized carbons (Fsp3) is 0.857. The van der Waals surface area contributed by atoms with E-state index in [-0.39, 0.29) is 12.0 Å². The first-order chi connectivity index (χ1) is 4.33. The molecule has 2 atom stereocenters. The van der Waals surface area contributed by atoms with E-state index in [2.05, 4.69) is 0 Å². The van der Waals surface area contributed by atoms with Gasteiger partial charge in [0.1, 0.15) is 6.29 Å². The van der Waals surface area contributed by atoms with E-state index in [0.717, 1.165) is 25.7 Å². The summed E-state index contributed by atoms with van der Waals surface area (Å²) in [6, 6.07) is 0. The van der Waals surface area contributed by atoms with Crippen molar-refractivity contribution >= 4 is 6.29 Å².